The predicted molar refractivity (Wildman–Crippen MR) is 108 cm³/mol. The van der Waals surface area contributed by atoms with Crippen molar-refractivity contribution in [2.24, 2.45) is 4.99 Å². The zero-order valence-electron chi connectivity index (χ0n) is 14.6. The van der Waals surface area contributed by atoms with Crippen molar-refractivity contribution in [3.8, 4) is 0 Å². The van der Waals surface area contributed by atoms with Crippen molar-refractivity contribution >= 4 is 29.9 Å². The van der Waals surface area contributed by atoms with Crippen LogP contribution in [-0.2, 0) is 0 Å². The summed E-state index contributed by atoms with van der Waals surface area (Å²) >= 11 is 0. The van der Waals surface area contributed by atoms with Gasteiger partial charge in [0.05, 0.1) is 18.7 Å². The second kappa shape index (κ2) is 11.0. The van der Waals surface area contributed by atoms with Crippen LogP contribution in [0, 0.1) is 11.6 Å². The maximum Gasteiger partial charge on any atom is 0.191 e. The van der Waals surface area contributed by atoms with Gasteiger partial charge in [-0.15, -0.1) is 24.0 Å². The van der Waals surface area contributed by atoms with Crippen LogP contribution in [0.5, 0.6) is 0 Å². The lowest BCUT2D eigenvalue weighted by molar-refractivity contribution is 0.187. The zero-order valence-corrected chi connectivity index (χ0v) is 16.9. The molecular formula is C18H23F2IN4O. The van der Waals surface area contributed by atoms with E-state index in [4.69, 9.17) is 0 Å². The number of pyridine rings is 1. The van der Waals surface area contributed by atoms with Crippen molar-refractivity contribution < 1.29 is 13.9 Å². The molecule has 1 heterocycles. The standard InChI is InChI=1S/C18H22F2N4O.HI/c1-3-22-18(23-11-17(25)13-6-8-21-9-7-13)24-12(2)14-4-5-15(19)16(20)10-14;/h4-10,12,17,25H,3,11H2,1-2H3,(H2,22,23,24);1H. The summed E-state index contributed by atoms with van der Waals surface area (Å²) in [6, 6.07) is 6.94. The molecule has 2 atom stereocenters. The van der Waals surface area contributed by atoms with E-state index in [1.54, 1.807) is 24.5 Å². The minimum atomic E-state index is -0.888. The molecule has 0 bridgehead atoms. The van der Waals surface area contributed by atoms with Gasteiger partial charge in [-0.1, -0.05) is 6.07 Å². The fraction of sp³-hybridized carbons (Fsp3) is 0.333. The average Bonchev–Trinajstić information content (AvgIpc) is 2.62. The molecule has 0 aliphatic carbocycles. The van der Waals surface area contributed by atoms with Crippen molar-refractivity contribution in [1.82, 2.24) is 15.6 Å². The number of rotatable bonds is 6. The quantitative estimate of drug-likeness (QED) is 0.340. The molecule has 0 aliphatic heterocycles. The van der Waals surface area contributed by atoms with Crippen LogP contribution in [0.4, 0.5) is 8.78 Å². The Labute approximate surface area is 169 Å². The highest BCUT2D eigenvalue weighted by atomic mass is 127. The molecule has 3 N–H and O–H groups in total. The third-order valence-corrected chi connectivity index (χ3v) is 3.65. The number of halogens is 3. The topological polar surface area (TPSA) is 69.5 Å². The highest BCUT2D eigenvalue weighted by molar-refractivity contribution is 14.0. The molecule has 142 valence electrons. The van der Waals surface area contributed by atoms with Crippen LogP contribution in [0.15, 0.2) is 47.7 Å². The van der Waals surface area contributed by atoms with Crippen LogP contribution >= 0.6 is 24.0 Å². The van der Waals surface area contributed by atoms with Crippen molar-refractivity contribution in [3.05, 3.63) is 65.5 Å². The van der Waals surface area contributed by atoms with E-state index in [0.717, 1.165) is 17.7 Å². The molecule has 2 rings (SSSR count). The highest BCUT2D eigenvalue weighted by Crippen LogP contribution is 2.16. The first-order valence-electron chi connectivity index (χ1n) is 8.09. The summed E-state index contributed by atoms with van der Waals surface area (Å²) in [5.41, 5.74) is 1.32. The third kappa shape index (κ3) is 6.49. The molecule has 2 aromatic rings. The molecule has 1 aromatic carbocycles. The summed E-state index contributed by atoms with van der Waals surface area (Å²) < 4.78 is 26.4. The Morgan fingerprint density at radius 3 is 2.46 bits per heavy atom. The Morgan fingerprint density at radius 1 is 1.15 bits per heavy atom. The van der Waals surface area contributed by atoms with Crippen molar-refractivity contribution in [1.29, 1.82) is 0 Å². The van der Waals surface area contributed by atoms with Gasteiger partial charge < -0.3 is 15.7 Å². The summed E-state index contributed by atoms with van der Waals surface area (Å²) in [4.78, 5) is 8.26. The number of hydrogen-bond donors (Lipinski definition) is 3. The average molecular weight is 476 g/mol. The van der Waals surface area contributed by atoms with Crippen molar-refractivity contribution in [3.63, 3.8) is 0 Å². The largest absolute Gasteiger partial charge is 0.386 e. The number of nitrogens with one attached hydrogen (secondary N) is 2. The lowest BCUT2D eigenvalue weighted by atomic mass is 10.1. The smallest absolute Gasteiger partial charge is 0.191 e. The summed E-state index contributed by atoms with van der Waals surface area (Å²) in [6.45, 7) is 4.52. The van der Waals surface area contributed by atoms with E-state index in [1.807, 2.05) is 13.8 Å². The van der Waals surface area contributed by atoms with Gasteiger partial charge >= 0.3 is 0 Å². The maximum atomic E-state index is 13.4. The molecule has 0 saturated carbocycles. The first kappa shape index (κ1) is 22.2. The Kier molecular flexibility index (Phi) is 9.42. The van der Waals surface area contributed by atoms with Crippen LogP contribution < -0.4 is 10.6 Å². The Morgan fingerprint density at radius 2 is 1.85 bits per heavy atom. The molecule has 5 nitrogen and oxygen atoms in total. The van der Waals surface area contributed by atoms with Crippen molar-refractivity contribution in [2.45, 2.75) is 26.0 Å². The number of aliphatic imine (C=N–C) groups is 1. The molecule has 0 spiro atoms. The first-order chi connectivity index (χ1) is 12.0. The molecule has 0 saturated heterocycles. The number of hydrogen-bond acceptors (Lipinski definition) is 3. The minimum Gasteiger partial charge on any atom is -0.386 e. The van der Waals surface area contributed by atoms with Gasteiger partial charge in [0.2, 0.25) is 0 Å². The Balaban J connectivity index is 0.00000338. The van der Waals surface area contributed by atoms with Gasteiger partial charge in [-0.3, -0.25) is 9.98 Å². The molecule has 0 amide bonds. The second-order valence-corrected chi connectivity index (χ2v) is 5.56. The van der Waals surface area contributed by atoms with Crippen molar-refractivity contribution in [2.75, 3.05) is 13.1 Å². The summed E-state index contributed by atoms with van der Waals surface area (Å²) in [7, 11) is 0. The number of nitrogens with zero attached hydrogens (tertiary/aromatic N) is 2. The van der Waals surface area contributed by atoms with E-state index < -0.39 is 17.7 Å². The molecule has 8 heteroatoms. The lowest BCUT2D eigenvalue weighted by Gasteiger charge is -2.19. The number of guanidine groups is 1. The van der Waals surface area contributed by atoms with E-state index in [-0.39, 0.29) is 36.6 Å². The fourth-order valence-corrected chi connectivity index (χ4v) is 2.26. The zero-order chi connectivity index (χ0) is 18.2. The Bertz CT molecular complexity index is 716. The lowest BCUT2D eigenvalue weighted by Crippen LogP contribution is -2.39. The SMILES string of the molecule is CCNC(=NCC(O)c1ccncc1)NC(C)c1ccc(F)c(F)c1.I. The minimum absolute atomic E-state index is 0. The van der Waals surface area contributed by atoms with Crippen LogP contribution in [0.3, 0.4) is 0 Å². The molecule has 0 radical (unpaired) electrons. The number of aromatic nitrogens is 1. The summed E-state index contributed by atoms with van der Waals surface area (Å²) in [5.74, 6) is -1.29. The second-order valence-electron chi connectivity index (χ2n) is 5.56. The van der Waals surface area contributed by atoms with Crippen LogP contribution in [0.1, 0.15) is 37.1 Å². The normalized spacial score (nSPS) is 13.5. The molecule has 0 aliphatic rings. The monoisotopic (exact) mass is 476 g/mol. The van der Waals surface area contributed by atoms with Crippen LogP contribution in [0.2, 0.25) is 0 Å². The summed E-state index contributed by atoms with van der Waals surface area (Å²) in [6.07, 6.45) is 2.46. The molecule has 1 aromatic heterocycles. The van der Waals surface area contributed by atoms with Gasteiger partial charge in [0.25, 0.3) is 0 Å². The molecular weight excluding hydrogens is 453 g/mol. The van der Waals surface area contributed by atoms with E-state index in [2.05, 4.69) is 20.6 Å². The van der Waals surface area contributed by atoms with E-state index in [1.165, 1.54) is 6.07 Å². The van der Waals surface area contributed by atoms with Gasteiger partial charge in [0, 0.05) is 18.9 Å². The highest BCUT2D eigenvalue weighted by Gasteiger charge is 2.12. The van der Waals surface area contributed by atoms with Gasteiger partial charge in [0.1, 0.15) is 0 Å². The molecule has 0 fully saturated rings. The Hall–Kier alpha value is -1.81. The first-order valence-corrected chi connectivity index (χ1v) is 8.09. The summed E-state index contributed by atoms with van der Waals surface area (Å²) in [5, 5.41) is 16.4. The van der Waals surface area contributed by atoms with Gasteiger partial charge in [0.15, 0.2) is 17.6 Å². The number of aliphatic hydroxyl groups excluding tert-OH is 1. The van der Waals surface area contributed by atoms with E-state index >= 15 is 0 Å². The predicted octanol–water partition coefficient (Wildman–Crippen LogP) is 3.33. The maximum absolute atomic E-state index is 13.4. The van der Waals surface area contributed by atoms with Gasteiger partial charge in [-0.2, -0.15) is 0 Å². The van der Waals surface area contributed by atoms with E-state index in [0.29, 0.717) is 18.1 Å². The number of benzene rings is 1. The molecule has 2 unspecified atom stereocenters. The number of aliphatic hydroxyl groups is 1. The van der Waals surface area contributed by atoms with E-state index in [9.17, 15) is 13.9 Å². The fourth-order valence-electron chi connectivity index (χ4n) is 2.26. The molecule has 26 heavy (non-hydrogen) atoms. The third-order valence-electron chi connectivity index (χ3n) is 3.65. The van der Waals surface area contributed by atoms with Crippen LogP contribution in [0.25, 0.3) is 0 Å². The van der Waals surface area contributed by atoms with Gasteiger partial charge in [-0.25, -0.2) is 8.78 Å². The van der Waals surface area contributed by atoms with Gasteiger partial charge in [-0.05, 0) is 49.2 Å². The van der Waals surface area contributed by atoms with Crippen LogP contribution in [-0.4, -0.2) is 29.1 Å².